The molecule has 0 heterocycles. The predicted octanol–water partition coefficient (Wildman–Crippen LogP) is 4.47. The van der Waals surface area contributed by atoms with Gasteiger partial charge in [-0.1, -0.05) is 72.8 Å². The van der Waals surface area contributed by atoms with Crippen LogP contribution in [0, 0.1) is 5.92 Å². The minimum Gasteiger partial charge on any atom is -0.388 e. The van der Waals surface area contributed by atoms with Gasteiger partial charge < -0.3 is 5.11 Å². The summed E-state index contributed by atoms with van der Waals surface area (Å²) in [6.45, 7) is 0. The molecule has 3 atom stereocenters. The lowest BCUT2D eigenvalue weighted by molar-refractivity contribution is 0.120. The van der Waals surface area contributed by atoms with Crippen molar-refractivity contribution >= 4 is 0 Å². The van der Waals surface area contributed by atoms with Gasteiger partial charge in [0.05, 0.1) is 6.10 Å². The molecular weight excluding hydrogens is 244 g/mol. The van der Waals surface area contributed by atoms with Crippen LogP contribution in [0.2, 0.25) is 0 Å². The molecule has 0 radical (unpaired) electrons. The maximum absolute atomic E-state index is 10.6. The molecule has 1 N–H and O–H groups in total. The molecule has 1 aliphatic rings. The van der Waals surface area contributed by atoms with Gasteiger partial charge in [0.15, 0.2) is 0 Å². The summed E-state index contributed by atoms with van der Waals surface area (Å²) in [4.78, 5) is 0. The molecule has 0 spiro atoms. The van der Waals surface area contributed by atoms with Gasteiger partial charge in [0.25, 0.3) is 0 Å². The third-order valence-electron chi connectivity index (χ3n) is 4.18. The monoisotopic (exact) mass is 264 g/mol. The van der Waals surface area contributed by atoms with E-state index in [-0.39, 0.29) is 5.92 Å². The maximum atomic E-state index is 10.6. The lowest BCUT2D eigenvalue weighted by Gasteiger charge is -2.28. The molecule has 0 saturated heterocycles. The second-order valence-corrected chi connectivity index (χ2v) is 5.53. The van der Waals surface area contributed by atoms with Crippen molar-refractivity contribution in [2.75, 3.05) is 0 Å². The minimum absolute atomic E-state index is 0.205. The highest BCUT2D eigenvalue weighted by molar-refractivity contribution is 5.25. The molecule has 0 unspecified atom stereocenters. The fourth-order valence-electron chi connectivity index (χ4n) is 3.05. The average molecular weight is 264 g/mol. The first-order valence-electron chi connectivity index (χ1n) is 7.29. The summed E-state index contributed by atoms with van der Waals surface area (Å²) in [5.41, 5.74) is 2.39. The van der Waals surface area contributed by atoms with Gasteiger partial charge in [-0.25, -0.2) is 0 Å². The Morgan fingerprint density at radius 1 is 0.900 bits per heavy atom. The number of benzene rings is 2. The molecule has 2 aromatic carbocycles. The van der Waals surface area contributed by atoms with Crippen molar-refractivity contribution < 1.29 is 5.11 Å². The smallest absolute Gasteiger partial charge is 0.0852 e. The van der Waals surface area contributed by atoms with Crippen LogP contribution in [0.15, 0.2) is 72.8 Å². The van der Waals surface area contributed by atoms with Gasteiger partial charge in [-0.05, 0) is 29.9 Å². The summed E-state index contributed by atoms with van der Waals surface area (Å²) < 4.78 is 0. The molecule has 102 valence electrons. The van der Waals surface area contributed by atoms with Crippen LogP contribution in [0.1, 0.15) is 36.0 Å². The third-order valence-corrected chi connectivity index (χ3v) is 4.18. The average Bonchev–Trinajstić information content (AvgIpc) is 2.56. The summed E-state index contributed by atoms with van der Waals surface area (Å²) in [6.07, 6.45) is 6.08. The van der Waals surface area contributed by atoms with Crippen LogP contribution < -0.4 is 0 Å². The SMILES string of the molecule is O[C@H](c1ccccc1)[C@H]1C=CC[C@H](c2ccccc2)C1. The van der Waals surface area contributed by atoms with Gasteiger partial charge in [-0.15, -0.1) is 0 Å². The molecule has 0 aromatic heterocycles. The quantitative estimate of drug-likeness (QED) is 0.811. The number of hydrogen-bond donors (Lipinski definition) is 1. The molecule has 20 heavy (non-hydrogen) atoms. The second-order valence-electron chi connectivity index (χ2n) is 5.53. The third kappa shape index (κ3) is 2.83. The van der Waals surface area contributed by atoms with Crippen molar-refractivity contribution in [3.8, 4) is 0 Å². The highest BCUT2D eigenvalue weighted by Gasteiger charge is 2.25. The first kappa shape index (κ1) is 13.1. The summed E-state index contributed by atoms with van der Waals surface area (Å²) in [5, 5.41) is 10.6. The molecule has 1 aliphatic carbocycles. The molecule has 2 aromatic rings. The lowest BCUT2D eigenvalue weighted by atomic mass is 9.78. The van der Waals surface area contributed by atoms with Crippen LogP contribution in [0.5, 0.6) is 0 Å². The van der Waals surface area contributed by atoms with Crippen LogP contribution in [0.3, 0.4) is 0 Å². The Balaban J connectivity index is 1.76. The Kier molecular flexibility index (Phi) is 3.98. The van der Waals surface area contributed by atoms with Crippen LogP contribution in [-0.4, -0.2) is 5.11 Å². The van der Waals surface area contributed by atoms with Crippen molar-refractivity contribution in [1.29, 1.82) is 0 Å². The van der Waals surface area contributed by atoms with Crippen molar-refractivity contribution in [2.24, 2.45) is 5.92 Å². The van der Waals surface area contributed by atoms with E-state index in [4.69, 9.17) is 0 Å². The summed E-state index contributed by atoms with van der Waals surface area (Å²) >= 11 is 0. The minimum atomic E-state index is -0.404. The fourth-order valence-corrected chi connectivity index (χ4v) is 3.05. The van der Waals surface area contributed by atoms with Gasteiger partial charge in [-0.3, -0.25) is 0 Å². The van der Waals surface area contributed by atoms with E-state index in [0.29, 0.717) is 5.92 Å². The van der Waals surface area contributed by atoms with Crippen LogP contribution in [0.25, 0.3) is 0 Å². The molecular formula is C19H20O. The first-order valence-corrected chi connectivity index (χ1v) is 7.29. The van der Waals surface area contributed by atoms with Gasteiger partial charge in [0, 0.05) is 5.92 Å². The van der Waals surface area contributed by atoms with E-state index in [9.17, 15) is 5.11 Å². The van der Waals surface area contributed by atoms with Gasteiger partial charge >= 0.3 is 0 Å². The highest BCUT2D eigenvalue weighted by Crippen LogP contribution is 2.37. The van der Waals surface area contributed by atoms with Gasteiger partial charge in [-0.2, -0.15) is 0 Å². The van der Waals surface area contributed by atoms with Crippen LogP contribution in [-0.2, 0) is 0 Å². The van der Waals surface area contributed by atoms with E-state index >= 15 is 0 Å². The number of aliphatic hydroxyl groups is 1. The zero-order chi connectivity index (χ0) is 13.8. The lowest BCUT2D eigenvalue weighted by Crippen LogP contribution is -2.17. The molecule has 0 bridgehead atoms. The van der Waals surface area contributed by atoms with E-state index in [0.717, 1.165) is 18.4 Å². The largest absolute Gasteiger partial charge is 0.388 e. The molecule has 0 aliphatic heterocycles. The number of allylic oxidation sites excluding steroid dienone is 1. The normalized spacial score (nSPS) is 23.4. The van der Waals surface area contributed by atoms with E-state index in [1.165, 1.54) is 5.56 Å². The molecule has 0 amide bonds. The number of aliphatic hydroxyl groups excluding tert-OH is 1. The first-order chi connectivity index (χ1) is 9.84. The molecule has 1 heteroatoms. The number of rotatable bonds is 3. The van der Waals surface area contributed by atoms with Crippen molar-refractivity contribution in [1.82, 2.24) is 0 Å². The zero-order valence-electron chi connectivity index (χ0n) is 11.5. The van der Waals surface area contributed by atoms with Crippen molar-refractivity contribution in [2.45, 2.75) is 24.9 Å². The standard InChI is InChI=1S/C19H20O/c20-19(16-10-5-2-6-11-16)18-13-7-12-17(14-18)15-8-3-1-4-9-15/h1-11,13,17-20H,12,14H2/t17-,18-,19+/m0/s1. The van der Waals surface area contributed by atoms with Crippen LogP contribution >= 0.6 is 0 Å². The zero-order valence-corrected chi connectivity index (χ0v) is 11.5. The molecule has 3 rings (SSSR count). The van der Waals surface area contributed by atoms with E-state index in [2.05, 4.69) is 42.5 Å². The van der Waals surface area contributed by atoms with Crippen molar-refractivity contribution in [3.63, 3.8) is 0 Å². The Morgan fingerprint density at radius 2 is 1.55 bits per heavy atom. The second kappa shape index (κ2) is 6.06. The predicted molar refractivity (Wildman–Crippen MR) is 82.4 cm³/mol. The van der Waals surface area contributed by atoms with E-state index in [1.54, 1.807) is 0 Å². The Bertz CT molecular complexity index is 559. The molecule has 0 fully saturated rings. The highest BCUT2D eigenvalue weighted by atomic mass is 16.3. The van der Waals surface area contributed by atoms with E-state index < -0.39 is 6.10 Å². The van der Waals surface area contributed by atoms with Gasteiger partial charge in [0.1, 0.15) is 0 Å². The van der Waals surface area contributed by atoms with Crippen molar-refractivity contribution in [3.05, 3.63) is 83.9 Å². The number of hydrogen-bond acceptors (Lipinski definition) is 1. The molecule has 0 saturated carbocycles. The Morgan fingerprint density at radius 3 is 2.25 bits per heavy atom. The fraction of sp³-hybridized carbons (Fsp3) is 0.263. The summed E-state index contributed by atoms with van der Waals surface area (Å²) in [5.74, 6) is 0.723. The van der Waals surface area contributed by atoms with Gasteiger partial charge in [0.2, 0.25) is 0 Å². The maximum Gasteiger partial charge on any atom is 0.0852 e. The van der Waals surface area contributed by atoms with Crippen LogP contribution in [0.4, 0.5) is 0 Å². The summed E-state index contributed by atoms with van der Waals surface area (Å²) in [6, 6.07) is 20.6. The topological polar surface area (TPSA) is 20.2 Å². The van der Waals surface area contributed by atoms with E-state index in [1.807, 2.05) is 30.3 Å². The Hall–Kier alpha value is -1.86. The Labute approximate surface area is 120 Å². The summed E-state index contributed by atoms with van der Waals surface area (Å²) in [7, 11) is 0. The molecule has 1 nitrogen and oxygen atoms in total.